The van der Waals surface area contributed by atoms with Crippen molar-refractivity contribution in [2.24, 2.45) is 22.7 Å². The number of ether oxygens (including phenoxy) is 3. The highest BCUT2D eigenvalue weighted by molar-refractivity contribution is 14.1. The summed E-state index contributed by atoms with van der Waals surface area (Å²) >= 11 is 2.49. The van der Waals surface area contributed by atoms with Crippen LogP contribution in [0.1, 0.15) is 61.3 Å². The third-order valence-corrected chi connectivity index (χ3v) is 8.79. The Hall–Kier alpha value is 0.610. The van der Waals surface area contributed by atoms with Crippen LogP contribution in [0.4, 0.5) is 0 Å². The molecule has 2 bridgehead atoms. The topological polar surface area (TPSA) is 27.7 Å². The smallest absolute Gasteiger partial charge is 0.163 e. The molecule has 3 nitrogen and oxygen atoms in total. The van der Waals surface area contributed by atoms with Crippen molar-refractivity contribution < 1.29 is 14.2 Å². The van der Waals surface area contributed by atoms with Crippen molar-refractivity contribution in [2.45, 2.75) is 88.8 Å². The monoisotopic (exact) mass is 436 g/mol. The van der Waals surface area contributed by atoms with Crippen molar-refractivity contribution in [3.8, 4) is 0 Å². The van der Waals surface area contributed by atoms with Gasteiger partial charge in [0.2, 0.25) is 0 Å². The van der Waals surface area contributed by atoms with Crippen molar-refractivity contribution >= 4 is 22.6 Å². The Morgan fingerprint density at radius 1 is 1.13 bits per heavy atom. The molecule has 0 aromatic heterocycles. The summed E-state index contributed by atoms with van der Waals surface area (Å²) in [5, 5.41) is 0. The first-order valence-corrected chi connectivity index (χ1v) is 10.2. The quantitative estimate of drug-likeness (QED) is 0.470. The maximum absolute atomic E-state index is 6.60. The highest BCUT2D eigenvalue weighted by atomic mass is 127. The normalized spacial score (nSPS) is 47.9. The second-order valence-corrected chi connectivity index (χ2v) is 11.3. The van der Waals surface area contributed by atoms with E-state index in [-0.39, 0.29) is 23.2 Å². The van der Waals surface area contributed by atoms with E-state index in [9.17, 15) is 0 Å². The molecule has 0 spiro atoms. The molecular weight excluding hydrogens is 403 g/mol. The largest absolute Gasteiger partial charge is 0.375 e. The molecule has 3 saturated carbocycles. The van der Waals surface area contributed by atoms with E-state index in [2.05, 4.69) is 71.1 Å². The molecule has 7 atom stereocenters. The van der Waals surface area contributed by atoms with Gasteiger partial charge in [-0.05, 0) is 50.9 Å². The standard InChI is InChI=1S/C19H33IO3/c1-11(20)19(7,21-8)15-18(6)13-9-12(16(13,2)3)10-14(18)22-17(4,5)23-15/h11-15H,9-10H2,1-8H3/t11-,12+,13+,14-,15+,18+,19-/m1/s1. The number of methoxy groups -OCH3 is 1. The summed E-state index contributed by atoms with van der Waals surface area (Å²) in [6.45, 7) is 15.8. The molecule has 23 heavy (non-hydrogen) atoms. The second kappa shape index (κ2) is 5.31. The van der Waals surface area contributed by atoms with E-state index in [4.69, 9.17) is 14.2 Å². The molecule has 134 valence electrons. The Bertz CT molecular complexity index is 489. The van der Waals surface area contributed by atoms with Gasteiger partial charge in [-0.15, -0.1) is 0 Å². The molecule has 1 saturated heterocycles. The van der Waals surface area contributed by atoms with E-state index in [1.165, 1.54) is 6.42 Å². The molecule has 0 radical (unpaired) electrons. The lowest BCUT2D eigenvalue weighted by molar-refractivity contribution is -0.412. The average molecular weight is 436 g/mol. The molecule has 1 heterocycles. The molecule has 0 amide bonds. The number of halogens is 1. The first-order chi connectivity index (χ1) is 10.4. The molecule has 4 aliphatic rings. The van der Waals surface area contributed by atoms with Crippen LogP contribution >= 0.6 is 22.6 Å². The first-order valence-electron chi connectivity index (χ1n) is 8.94. The van der Waals surface area contributed by atoms with Crippen LogP contribution in [0.5, 0.6) is 0 Å². The first kappa shape index (κ1) is 18.4. The van der Waals surface area contributed by atoms with Crippen LogP contribution in [0.2, 0.25) is 0 Å². The van der Waals surface area contributed by atoms with Crippen molar-refractivity contribution in [3.05, 3.63) is 0 Å². The van der Waals surface area contributed by atoms with E-state index in [0.29, 0.717) is 15.3 Å². The Kier molecular flexibility index (Phi) is 4.25. The summed E-state index contributed by atoms with van der Waals surface area (Å²) in [6, 6.07) is 0. The van der Waals surface area contributed by atoms with E-state index < -0.39 is 5.79 Å². The summed E-state index contributed by atoms with van der Waals surface area (Å²) in [4.78, 5) is 0. The van der Waals surface area contributed by atoms with Gasteiger partial charge < -0.3 is 14.2 Å². The third kappa shape index (κ3) is 2.37. The minimum Gasteiger partial charge on any atom is -0.375 e. The van der Waals surface area contributed by atoms with Gasteiger partial charge in [0.15, 0.2) is 5.79 Å². The predicted molar refractivity (Wildman–Crippen MR) is 101 cm³/mol. The minimum atomic E-state index is -0.548. The van der Waals surface area contributed by atoms with E-state index in [1.807, 2.05) is 7.11 Å². The third-order valence-electron chi connectivity index (χ3n) is 7.56. The lowest BCUT2D eigenvalue weighted by Crippen LogP contribution is -2.75. The van der Waals surface area contributed by atoms with Crippen molar-refractivity contribution in [1.82, 2.24) is 0 Å². The minimum absolute atomic E-state index is 0.00202. The zero-order chi connectivity index (χ0) is 17.4. The number of hydrogen-bond donors (Lipinski definition) is 0. The van der Waals surface area contributed by atoms with Gasteiger partial charge in [0.05, 0.1) is 12.2 Å². The lowest BCUT2D eigenvalue weighted by atomic mass is 9.38. The van der Waals surface area contributed by atoms with E-state index in [0.717, 1.165) is 12.3 Å². The fourth-order valence-corrected chi connectivity index (χ4v) is 6.31. The molecule has 3 aliphatic carbocycles. The van der Waals surface area contributed by atoms with Gasteiger partial charge in [0.1, 0.15) is 5.60 Å². The maximum atomic E-state index is 6.60. The molecule has 4 heteroatoms. The van der Waals surface area contributed by atoms with Gasteiger partial charge in [-0.25, -0.2) is 0 Å². The van der Waals surface area contributed by atoms with Crippen LogP contribution < -0.4 is 0 Å². The summed E-state index contributed by atoms with van der Waals surface area (Å²) < 4.78 is 19.5. The Balaban J connectivity index is 2.07. The van der Waals surface area contributed by atoms with Crippen LogP contribution in [0, 0.1) is 22.7 Å². The van der Waals surface area contributed by atoms with E-state index >= 15 is 0 Å². The van der Waals surface area contributed by atoms with E-state index in [1.54, 1.807) is 0 Å². The van der Waals surface area contributed by atoms with Gasteiger partial charge in [-0.1, -0.05) is 50.3 Å². The fraction of sp³-hybridized carbons (Fsp3) is 1.00. The van der Waals surface area contributed by atoms with Gasteiger partial charge in [-0.2, -0.15) is 0 Å². The molecule has 0 N–H and O–H groups in total. The summed E-state index contributed by atoms with van der Waals surface area (Å²) in [6.07, 6.45) is 2.75. The SMILES string of the molecule is CO[C@@](C)([C@H]1OC(C)(C)O[C@@H]2C[C@@H]3C[C@@H](C3(C)C)[C@]12C)[C@@H](C)I. The molecule has 4 fully saturated rings. The molecule has 0 aromatic rings. The van der Waals surface area contributed by atoms with Gasteiger partial charge in [-0.3, -0.25) is 0 Å². The average Bonchev–Trinajstić information content (AvgIpc) is 2.44. The molecular formula is C19H33IO3. The summed E-state index contributed by atoms with van der Waals surface area (Å²) in [5.41, 5.74) is 0.0476. The zero-order valence-electron chi connectivity index (χ0n) is 15.9. The van der Waals surface area contributed by atoms with Crippen LogP contribution in [0.15, 0.2) is 0 Å². The highest BCUT2D eigenvalue weighted by Gasteiger charge is 2.71. The Labute approximate surface area is 155 Å². The Morgan fingerprint density at radius 3 is 2.22 bits per heavy atom. The predicted octanol–water partition coefficient (Wildman–Crippen LogP) is 4.81. The Morgan fingerprint density at radius 2 is 1.74 bits per heavy atom. The maximum Gasteiger partial charge on any atom is 0.163 e. The van der Waals surface area contributed by atoms with Crippen LogP contribution in [-0.4, -0.2) is 34.6 Å². The molecule has 0 unspecified atom stereocenters. The molecule has 1 aliphatic heterocycles. The lowest BCUT2D eigenvalue weighted by Gasteiger charge is -2.72. The van der Waals surface area contributed by atoms with Crippen LogP contribution in [0.25, 0.3) is 0 Å². The highest BCUT2D eigenvalue weighted by Crippen LogP contribution is 2.70. The molecule has 0 aromatic carbocycles. The zero-order valence-corrected chi connectivity index (χ0v) is 18.1. The van der Waals surface area contributed by atoms with Gasteiger partial charge in [0.25, 0.3) is 0 Å². The second-order valence-electron chi connectivity index (χ2n) is 9.42. The molecule has 4 rings (SSSR count). The number of rotatable bonds is 3. The van der Waals surface area contributed by atoms with Crippen molar-refractivity contribution in [2.75, 3.05) is 7.11 Å². The van der Waals surface area contributed by atoms with Crippen LogP contribution in [0.3, 0.4) is 0 Å². The number of hydrogen-bond acceptors (Lipinski definition) is 3. The van der Waals surface area contributed by atoms with Gasteiger partial charge in [0, 0.05) is 16.4 Å². The van der Waals surface area contributed by atoms with Crippen molar-refractivity contribution in [3.63, 3.8) is 0 Å². The number of alkyl halides is 1. The van der Waals surface area contributed by atoms with Crippen molar-refractivity contribution in [1.29, 1.82) is 0 Å². The van der Waals surface area contributed by atoms with Gasteiger partial charge >= 0.3 is 0 Å². The summed E-state index contributed by atoms with van der Waals surface area (Å²) in [5.74, 6) is 0.865. The summed E-state index contributed by atoms with van der Waals surface area (Å²) in [7, 11) is 1.83. The fourth-order valence-electron chi connectivity index (χ4n) is 5.73. The van der Waals surface area contributed by atoms with Crippen LogP contribution in [-0.2, 0) is 14.2 Å².